The van der Waals surface area contributed by atoms with Crippen molar-refractivity contribution < 1.29 is 9.90 Å². The topological polar surface area (TPSA) is 92.9 Å². The molecular formula is C11H21N5O2S. The summed E-state index contributed by atoms with van der Waals surface area (Å²) in [4.78, 5) is 11.0. The highest BCUT2D eigenvalue weighted by Gasteiger charge is 2.20. The molecular weight excluding hydrogens is 266 g/mol. The largest absolute Gasteiger partial charge is 0.480 e. The molecule has 1 aromatic heterocycles. The standard InChI is InChI=1S/C11H21N5O2S/c1-5-8(9(17)18)19-10-13-14-15-16(10)7-6-12-11(2,3)4/h8,12H,5-7H2,1-4H3,(H,17,18). The van der Waals surface area contributed by atoms with Crippen LogP contribution in [0.1, 0.15) is 34.1 Å². The molecule has 0 fully saturated rings. The summed E-state index contributed by atoms with van der Waals surface area (Å²) < 4.78 is 1.63. The van der Waals surface area contributed by atoms with Gasteiger partial charge >= 0.3 is 5.97 Å². The molecule has 0 saturated carbocycles. The van der Waals surface area contributed by atoms with Crippen molar-refractivity contribution in [3.8, 4) is 0 Å². The van der Waals surface area contributed by atoms with Crippen LogP contribution in [0.5, 0.6) is 0 Å². The Labute approximate surface area is 117 Å². The zero-order valence-electron chi connectivity index (χ0n) is 11.8. The number of nitrogens with one attached hydrogen (secondary N) is 1. The Morgan fingerprint density at radius 1 is 1.53 bits per heavy atom. The molecule has 0 aliphatic carbocycles. The molecule has 7 nitrogen and oxygen atoms in total. The normalized spacial score (nSPS) is 13.5. The first kappa shape index (κ1) is 15.9. The van der Waals surface area contributed by atoms with Gasteiger partial charge in [-0.2, -0.15) is 0 Å². The molecule has 1 aromatic rings. The van der Waals surface area contributed by atoms with Crippen LogP contribution in [0, 0.1) is 0 Å². The molecule has 0 saturated heterocycles. The molecule has 0 bridgehead atoms. The Balaban J connectivity index is 2.57. The van der Waals surface area contributed by atoms with E-state index in [9.17, 15) is 4.79 Å². The first-order chi connectivity index (χ1) is 8.83. The van der Waals surface area contributed by atoms with Crippen molar-refractivity contribution in [1.29, 1.82) is 0 Å². The van der Waals surface area contributed by atoms with E-state index in [-0.39, 0.29) is 5.54 Å². The molecule has 0 aliphatic rings. The van der Waals surface area contributed by atoms with Gasteiger partial charge in [0.1, 0.15) is 5.25 Å². The van der Waals surface area contributed by atoms with Crippen molar-refractivity contribution >= 4 is 17.7 Å². The van der Waals surface area contributed by atoms with E-state index < -0.39 is 11.2 Å². The summed E-state index contributed by atoms with van der Waals surface area (Å²) in [6, 6.07) is 0. The van der Waals surface area contributed by atoms with Crippen molar-refractivity contribution in [2.45, 2.75) is 56.6 Å². The van der Waals surface area contributed by atoms with Gasteiger partial charge in [-0.3, -0.25) is 4.79 Å². The van der Waals surface area contributed by atoms with Crippen molar-refractivity contribution in [3.63, 3.8) is 0 Å². The molecule has 0 aliphatic heterocycles. The average molecular weight is 287 g/mol. The maximum atomic E-state index is 11.0. The molecule has 1 atom stereocenters. The summed E-state index contributed by atoms with van der Waals surface area (Å²) in [6.07, 6.45) is 0.535. The van der Waals surface area contributed by atoms with E-state index in [1.807, 2.05) is 6.92 Å². The summed E-state index contributed by atoms with van der Waals surface area (Å²) in [5, 5.41) is 23.8. The maximum absolute atomic E-state index is 11.0. The Kier molecular flexibility index (Phi) is 5.74. The van der Waals surface area contributed by atoms with E-state index in [0.717, 1.165) is 6.54 Å². The van der Waals surface area contributed by atoms with E-state index in [2.05, 4.69) is 41.6 Å². The summed E-state index contributed by atoms with van der Waals surface area (Å²) in [5.41, 5.74) is 0.0360. The second-order valence-electron chi connectivity index (χ2n) is 5.21. The molecule has 19 heavy (non-hydrogen) atoms. The van der Waals surface area contributed by atoms with Crippen LogP contribution in [-0.2, 0) is 11.3 Å². The molecule has 0 amide bonds. The highest BCUT2D eigenvalue weighted by atomic mass is 32.2. The van der Waals surface area contributed by atoms with Gasteiger partial charge in [0.15, 0.2) is 0 Å². The number of aromatic nitrogens is 4. The third-order valence-electron chi connectivity index (χ3n) is 2.37. The predicted octanol–water partition coefficient (Wildman–Crippen LogP) is 1.02. The first-order valence-electron chi connectivity index (χ1n) is 6.24. The van der Waals surface area contributed by atoms with Crippen LogP contribution in [-0.4, -0.2) is 48.6 Å². The first-order valence-corrected chi connectivity index (χ1v) is 7.12. The third kappa shape index (κ3) is 5.56. The van der Waals surface area contributed by atoms with Crippen LogP contribution < -0.4 is 5.32 Å². The van der Waals surface area contributed by atoms with Crippen molar-refractivity contribution in [2.75, 3.05) is 6.54 Å². The SMILES string of the molecule is CCC(Sc1nnnn1CCNC(C)(C)C)C(=O)O. The van der Waals surface area contributed by atoms with E-state index in [4.69, 9.17) is 5.11 Å². The molecule has 108 valence electrons. The third-order valence-corrected chi connectivity index (χ3v) is 3.69. The fraction of sp³-hybridized carbons (Fsp3) is 0.818. The number of aliphatic carboxylic acids is 1. The van der Waals surface area contributed by atoms with Crippen LogP contribution >= 0.6 is 11.8 Å². The van der Waals surface area contributed by atoms with Gasteiger partial charge in [0, 0.05) is 12.1 Å². The van der Waals surface area contributed by atoms with Crippen LogP contribution in [0.3, 0.4) is 0 Å². The van der Waals surface area contributed by atoms with E-state index in [1.54, 1.807) is 4.68 Å². The molecule has 1 unspecified atom stereocenters. The number of tetrazole rings is 1. The minimum atomic E-state index is -0.838. The minimum Gasteiger partial charge on any atom is -0.480 e. The molecule has 0 spiro atoms. The van der Waals surface area contributed by atoms with E-state index >= 15 is 0 Å². The molecule has 8 heteroatoms. The zero-order valence-corrected chi connectivity index (χ0v) is 12.6. The monoisotopic (exact) mass is 287 g/mol. The lowest BCUT2D eigenvalue weighted by Crippen LogP contribution is -2.38. The molecule has 1 heterocycles. The van der Waals surface area contributed by atoms with Gasteiger partial charge in [-0.25, -0.2) is 4.68 Å². The highest BCUT2D eigenvalue weighted by molar-refractivity contribution is 8.00. The van der Waals surface area contributed by atoms with Gasteiger partial charge in [0.2, 0.25) is 5.16 Å². The predicted molar refractivity (Wildman–Crippen MR) is 73.1 cm³/mol. The average Bonchev–Trinajstić information content (AvgIpc) is 2.71. The summed E-state index contributed by atoms with van der Waals surface area (Å²) >= 11 is 1.19. The van der Waals surface area contributed by atoms with Crippen LogP contribution in [0.2, 0.25) is 0 Å². The van der Waals surface area contributed by atoms with Crippen molar-refractivity contribution in [3.05, 3.63) is 0 Å². The number of carboxylic acids is 1. The number of carbonyl (C=O) groups is 1. The Morgan fingerprint density at radius 2 is 2.21 bits per heavy atom. The lowest BCUT2D eigenvalue weighted by Gasteiger charge is -2.20. The van der Waals surface area contributed by atoms with E-state index in [0.29, 0.717) is 18.1 Å². The second kappa shape index (κ2) is 6.85. The number of carboxylic acid groups (broad SMARTS) is 1. The number of hydrogen-bond acceptors (Lipinski definition) is 6. The Bertz CT molecular complexity index is 415. The molecule has 1 rings (SSSR count). The molecule has 0 radical (unpaired) electrons. The van der Waals surface area contributed by atoms with Gasteiger partial charge in [0.25, 0.3) is 0 Å². The summed E-state index contributed by atoms with van der Waals surface area (Å²) in [7, 11) is 0. The fourth-order valence-electron chi connectivity index (χ4n) is 1.39. The number of rotatable bonds is 7. The maximum Gasteiger partial charge on any atom is 0.317 e. The summed E-state index contributed by atoms with van der Waals surface area (Å²) in [6.45, 7) is 9.43. The number of hydrogen-bond donors (Lipinski definition) is 2. The second-order valence-corrected chi connectivity index (χ2v) is 6.38. The van der Waals surface area contributed by atoms with Crippen LogP contribution in [0.4, 0.5) is 0 Å². The fourth-order valence-corrected chi connectivity index (χ4v) is 2.25. The lowest BCUT2D eigenvalue weighted by molar-refractivity contribution is -0.136. The van der Waals surface area contributed by atoms with Gasteiger partial charge in [0.05, 0.1) is 6.54 Å². The van der Waals surface area contributed by atoms with Crippen LogP contribution in [0.15, 0.2) is 5.16 Å². The lowest BCUT2D eigenvalue weighted by atomic mass is 10.1. The van der Waals surface area contributed by atoms with Crippen LogP contribution in [0.25, 0.3) is 0 Å². The summed E-state index contributed by atoms with van der Waals surface area (Å²) in [5.74, 6) is -0.838. The number of nitrogens with zero attached hydrogens (tertiary/aromatic N) is 4. The van der Waals surface area contributed by atoms with Gasteiger partial charge in [-0.1, -0.05) is 18.7 Å². The quantitative estimate of drug-likeness (QED) is 0.723. The smallest absolute Gasteiger partial charge is 0.317 e. The van der Waals surface area contributed by atoms with Gasteiger partial charge in [-0.05, 0) is 37.6 Å². The van der Waals surface area contributed by atoms with Gasteiger partial charge < -0.3 is 10.4 Å². The van der Waals surface area contributed by atoms with Gasteiger partial charge in [-0.15, -0.1) is 5.10 Å². The number of thioether (sulfide) groups is 1. The Hall–Kier alpha value is -1.15. The highest BCUT2D eigenvalue weighted by Crippen LogP contribution is 2.22. The molecule has 2 N–H and O–H groups in total. The zero-order chi connectivity index (χ0) is 14.5. The van der Waals surface area contributed by atoms with Crippen molar-refractivity contribution in [1.82, 2.24) is 25.5 Å². The van der Waals surface area contributed by atoms with Crippen molar-refractivity contribution in [2.24, 2.45) is 0 Å². The molecule has 0 aromatic carbocycles. The Morgan fingerprint density at radius 3 is 2.74 bits per heavy atom. The van der Waals surface area contributed by atoms with E-state index in [1.165, 1.54) is 11.8 Å². The minimum absolute atomic E-state index is 0.0360.